The van der Waals surface area contributed by atoms with Gasteiger partial charge in [-0.2, -0.15) is 0 Å². The average Bonchev–Trinajstić information content (AvgIpc) is 2.65. The number of amides is 2. The van der Waals surface area contributed by atoms with Crippen molar-refractivity contribution >= 4 is 51.1 Å². The van der Waals surface area contributed by atoms with Gasteiger partial charge in [-0.1, -0.05) is 28.5 Å². The second-order valence-corrected chi connectivity index (χ2v) is 8.18. The maximum absolute atomic E-state index is 11.9. The van der Waals surface area contributed by atoms with Crippen molar-refractivity contribution in [1.82, 2.24) is 5.06 Å². The van der Waals surface area contributed by atoms with Crippen LogP contribution in [0.4, 0.5) is 0 Å². The summed E-state index contributed by atoms with van der Waals surface area (Å²) in [6.45, 7) is 3.33. The molecule has 0 aromatic carbocycles. The van der Waals surface area contributed by atoms with Crippen molar-refractivity contribution in [3.63, 3.8) is 0 Å². The van der Waals surface area contributed by atoms with Crippen LogP contribution in [0.15, 0.2) is 0 Å². The summed E-state index contributed by atoms with van der Waals surface area (Å²) in [5, 5.41) is 0.196. The van der Waals surface area contributed by atoms with Gasteiger partial charge in [0, 0.05) is 18.4 Å². The average molecular weight is 337 g/mol. The highest BCUT2D eigenvalue weighted by Crippen LogP contribution is 2.28. The van der Waals surface area contributed by atoms with Crippen LogP contribution < -0.4 is 0 Å². The highest BCUT2D eigenvalue weighted by molar-refractivity contribution is 8.76. The van der Waals surface area contributed by atoms with Crippen molar-refractivity contribution < 1.29 is 19.2 Å². The minimum absolute atomic E-state index is 0.120. The van der Waals surface area contributed by atoms with Gasteiger partial charge in [0.1, 0.15) is 0 Å². The first-order chi connectivity index (χ1) is 9.56. The molecule has 1 saturated heterocycles. The summed E-state index contributed by atoms with van der Waals surface area (Å²) in [5.74, 6) is 1.53. The van der Waals surface area contributed by atoms with Crippen molar-refractivity contribution in [1.29, 1.82) is 0 Å². The molecule has 20 heavy (non-hydrogen) atoms. The summed E-state index contributed by atoms with van der Waals surface area (Å²) < 4.78 is 0. The van der Waals surface area contributed by atoms with Gasteiger partial charge >= 0.3 is 5.97 Å². The van der Waals surface area contributed by atoms with E-state index in [4.69, 9.17) is 0 Å². The largest absolute Gasteiger partial charge is 0.331 e. The fourth-order valence-electron chi connectivity index (χ4n) is 1.48. The molecule has 0 radical (unpaired) electrons. The molecule has 0 spiro atoms. The number of hydrogen-bond donors (Lipinski definition) is 0. The first-order valence-corrected chi connectivity index (χ1v) is 10.0. The summed E-state index contributed by atoms with van der Waals surface area (Å²) in [6.07, 6.45) is 2.29. The van der Waals surface area contributed by atoms with E-state index in [1.165, 1.54) is 25.1 Å². The van der Waals surface area contributed by atoms with Gasteiger partial charge in [-0.15, -0.1) is 16.8 Å². The van der Waals surface area contributed by atoms with Crippen molar-refractivity contribution in [2.45, 2.75) is 38.4 Å². The van der Waals surface area contributed by atoms with E-state index in [0.29, 0.717) is 5.06 Å². The molecule has 0 aromatic rings. The first kappa shape index (κ1) is 17.7. The van der Waals surface area contributed by atoms with Crippen molar-refractivity contribution in [2.75, 3.05) is 17.3 Å². The molecule has 1 unspecified atom stereocenters. The number of imide groups is 1. The zero-order valence-corrected chi connectivity index (χ0v) is 14.1. The van der Waals surface area contributed by atoms with E-state index < -0.39 is 23.0 Å². The van der Waals surface area contributed by atoms with E-state index >= 15 is 0 Å². The molecule has 1 fully saturated rings. The zero-order chi connectivity index (χ0) is 15.0. The van der Waals surface area contributed by atoms with E-state index in [-0.39, 0.29) is 6.42 Å². The third-order valence-electron chi connectivity index (χ3n) is 2.34. The van der Waals surface area contributed by atoms with E-state index in [1.54, 1.807) is 0 Å². The lowest BCUT2D eigenvalue weighted by Crippen LogP contribution is -2.33. The van der Waals surface area contributed by atoms with Crippen molar-refractivity contribution in [2.24, 2.45) is 0 Å². The maximum atomic E-state index is 11.9. The van der Waals surface area contributed by atoms with Gasteiger partial charge in [-0.25, -0.2) is 4.79 Å². The van der Waals surface area contributed by atoms with E-state index in [2.05, 4.69) is 11.8 Å². The summed E-state index contributed by atoms with van der Waals surface area (Å²) in [5.41, 5.74) is 0. The highest BCUT2D eigenvalue weighted by Gasteiger charge is 2.41. The van der Waals surface area contributed by atoms with Crippen LogP contribution in [0.3, 0.4) is 0 Å². The second-order valence-electron chi connectivity index (χ2n) is 4.17. The number of rotatable bonds is 9. The Morgan fingerprint density at radius 2 is 2.00 bits per heavy atom. The van der Waals surface area contributed by atoms with Crippen molar-refractivity contribution in [3.8, 4) is 0 Å². The van der Waals surface area contributed by atoms with Gasteiger partial charge in [-0.05, 0) is 18.6 Å². The number of thioether (sulfide) groups is 1. The number of hydrogen-bond acceptors (Lipinski definition) is 7. The Kier molecular flexibility index (Phi) is 8.47. The Morgan fingerprint density at radius 1 is 1.30 bits per heavy atom. The quantitative estimate of drug-likeness (QED) is 0.364. The standard InChI is InChI=1S/C12H19NO4S3/c1-3-5-19-20-7-4-6-18-10-8-11(15)13(12(10)16)17-9(2)14/h10H,3-8H2,1-2H3. The molecule has 0 aliphatic carbocycles. The second kappa shape index (κ2) is 9.57. The third kappa shape index (κ3) is 5.97. The lowest BCUT2D eigenvalue weighted by Gasteiger charge is -2.12. The fraction of sp³-hybridized carbons (Fsp3) is 0.750. The van der Waals surface area contributed by atoms with Gasteiger partial charge in [0.25, 0.3) is 11.8 Å². The molecule has 1 aliphatic heterocycles. The number of carbonyl (C=O) groups excluding carboxylic acids is 3. The van der Waals surface area contributed by atoms with Gasteiger partial charge < -0.3 is 4.84 Å². The molecule has 5 nitrogen and oxygen atoms in total. The van der Waals surface area contributed by atoms with Crippen LogP contribution in [-0.4, -0.2) is 45.4 Å². The molecule has 1 atom stereocenters. The highest BCUT2D eigenvalue weighted by atomic mass is 33.1. The molecular weight excluding hydrogens is 318 g/mol. The number of hydroxylamine groups is 2. The van der Waals surface area contributed by atoms with Crippen LogP contribution in [0.25, 0.3) is 0 Å². The minimum atomic E-state index is -0.651. The molecule has 8 heteroatoms. The molecule has 1 rings (SSSR count). The van der Waals surface area contributed by atoms with E-state index in [0.717, 1.165) is 23.7 Å². The summed E-state index contributed by atoms with van der Waals surface area (Å²) in [6, 6.07) is 0. The minimum Gasteiger partial charge on any atom is -0.331 e. The van der Waals surface area contributed by atoms with Crippen LogP contribution >= 0.6 is 33.3 Å². The van der Waals surface area contributed by atoms with Crippen LogP contribution in [-0.2, 0) is 19.2 Å². The Morgan fingerprint density at radius 3 is 2.65 bits per heavy atom. The topological polar surface area (TPSA) is 63.7 Å². The Labute approximate surface area is 131 Å². The summed E-state index contributed by atoms with van der Waals surface area (Å²) in [4.78, 5) is 38.8. The van der Waals surface area contributed by atoms with Gasteiger partial charge in [0.2, 0.25) is 0 Å². The van der Waals surface area contributed by atoms with Crippen LogP contribution in [0, 0.1) is 0 Å². The number of nitrogens with zero attached hydrogens (tertiary/aromatic N) is 1. The van der Waals surface area contributed by atoms with Gasteiger partial charge in [-0.3, -0.25) is 9.59 Å². The fourth-order valence-corrected chi connectivity index (χ4v) is 4.98. The van der Waals surface area contributed by atoms with Gasteiger partial charge in [0.15, 0.2) is 0 Å². The molecule has 114 valence electrons. The summed E-state index contributed by atoms with van der Waals surface area (Å²) in [7, 11) is 3.71. The smallest absolute Gasteiger partial charge is 0.330 e. The first-order valence-electron chi connectivity index (χ1n) is 6.47. The third-order valence-corrected chi connectivity index (χ3v) is 6.34. The van der Waals surface area contributed by atoms with Crippen LogP contribution in [0.1, 0.15) is 33.1 Å². The van der Waals surface area contributed by atoms with Crippen LogP contribution in [0.2, 0.25) is 0 Å². The molecule has 0 bridgehead atoms. The molecule has 0 N–H and O–H groups in total. The van der Waals surface area contributed by atoms with E-state index in [9.17, 15) is 14.4 Å². The zero-order valence-electron chi connectivity index (χ0n) is 11.6. The monoisotopic (exact) mass is 337 g/mol. The lowest BCUT2D eigenvalue weighted by molar-refractivity contribution is -0.195. The molecule has 1 heterocycles. The van der Waals surface area contributed by atoms with Crippen molar-refractivity contribution in [3.05, 3.63) is 0 Å². The normalized spacial score (nSPS) is 18.7. The molecule has 1 aliphatic rings. The van der Waals surface area contributed by atoms with Crippen LogP contribution in [0.5, 0.6) is 0 Å². The molecular formula is C12H19NO4S3. The number of carbonyl (C=O) groups is 3. The van der Waals surface area contributed by atoms with Gasteiger partial charge in [0.05, 0.1) is 11.7 Å². The Bertz CT molecular complexity index is 365. The molecule has 0 saturated carbocycles. The molecule has 2 amide bonds. The maximum Gasteiger partial charge on any atom is 0.330 e. The SMILES string of the molecule is CCCSSCCCSC1CC(=O)N(OC(C)=O)C1=O. The summed E-state index contributed by atoms with van der Waals surface area (Å²) >= 11 is 1.46. The molecule has 0 aromatic heterocycles. The predicted molar refractivity (Wildman–Crippen MR) is 84.3 cm³/mol. The Hall–Kier alpha value is -0.340. The Balaban J connectivity index is 2.20. The predicted octanol–water partition coefficient (Wildman–Crippen LogP) is 2.51. The van der Waals surface area contributed by atoms with E-state index in [1.807, 2.05) is 21.6 Å². The lowest BCUT2D eigenvalue weighted by atomic mass is 10.4.